The van der Waals surface area contributed by atoms with Gasteiger partial charge in [-0.2, -0.15) is 0 Å². The average Bonchev–Trinajstić information content (AvgIpc) is 2.62. The fourth-order valence-electron chi connectivity index (χ4n) is 4.11. The van der Waals surface area contributed by atoms with Gasteiger partial charge in [-0.15, -0.1) is 0 Å². The Morgan fingerprint density at radius 2 is 1.67 bits per heavy atom. The van der Waals surface area contributed by atoms with Crippen LogP contribution in [0.4, 0.5) is 0 Å². The van der Waals surface area contributed by atoms with Gasteiger partial charge in [0.25, 0.3) is 0 Å². The van der Waals surface area contributed by atoms with E-state index in [0.29, 0.717) is 11.1 Å². The summed E-state index contributed by atoms with van der Waals surface area (Å²) in [6, 6.07) is 7.76. The summed E-state index contributed by atoms with van der Waals surface area (Å²) >= 11 is 5.90. The maximum absolute atomic E-state index is 12.6. The van der Waals surface area contributed by atoms with Crippen LogP contribution in [0.25, 0.3) is 0 Å². The predicted octanol–water partition coefficient (Wildman–Crippen LogP) is 4.14. The number of halogens is 1. The molecule has 4 heteroatoms. The molecule has 0 unspecified atom stereocenters. The Hall–Kier alpha value is -0.900. The van der Waals surface area contributed by atoms with Crippen LogP contribution in [0.1, 0.15) is 55.3 Å². The molecule has 0 bridgehead atoms. The quantitative estimate of drug-likeness (QED) is 0.813. The van der Waals surface area contributed by atoms with E-state index < -0.39 is 0 Å². The van der Waals surface area contributed by atoms with Crippen LogP contribution in [-0.2, 0) is 0 Å². The molecule has 0 amide bonds. The number of rotatable bonds is 5. The van der Waals surface area contributed by atoms with Crippen LogP contribution in [0.15, 0.2) is 24.3 Å². The van der Waals surface area contributed by atoms with Crippen LogP contribution >= 0.6 is 11.6 Å². The predicted molar refractivity (Wildman–Crippen MR) is 99.5 cm³/mol. The smallest absolute Gasteiger partial charge is 0.166 e. The van der Waals surface area contributed by atoms with Crippen molar-refractivity contribution in [2.75, 3.05) is 19.6 Å². The number of carbonyl (C=O) groups excluding carboxylic acids is 1. The number of nitrogens with zero attached hydrogens (tertiary/aromatic N) is 1. The first-order valence-corrected chi connectivity index (χ1v) is 9.77. The Labute approximate surface area is 150 Å². The summed E-state index contributed by atoms with van der Waals surface area (Å²) in [6.07, 6.45) is 8.25. The number of likely N-dealkylation sites (tertiary alicyclic amines) is 1. The van der Waals surface area contributed by atoms with Crippen LogP contribution in [0, 0.1) is 11.8 Å². The first-order chi connectivity index (χ1) is 11.6. The van der Waals surface area contributed by atoms with E-state index in [1.807, 2.05) is 12.1 Å². The summed E-state index contributed by atoms with van der Waals surface area (Å²) in [6.45, 7) is 3.29. The summed E-state index contributed by atoms with van der Waals surface area (Å²) in [7, 11) is 0. The summed E-state index contributed by atoms with van der Waals surface area (Å²) in [5.41, 5.74) is 6.79. The molecular formula is C20H29ClN2O. The maximum Gasteiger partial charge on any atom is 0.166 e. The van der Waals surface area contributed by atoms with Crippen molar-refractivity contribution in [2.45, 2.75) is 51.0 Å². The van der Waals surface area contributed by atoms with Gasteiger partial charge in [-0.3, -0.25) is 4.79 Å². The molecule has 0 spiro atoms. The Morgan fingerprint density at radius 1 is 1.04 bits per heavy atom. The van der Waals surface area contributed by atoms with Crippen LogP contribution in [0.3, 0.4) is 0 Å². The minimum Gasteiger partial charge on any atom is -0.328 e. The highest BCUT2D eigenvalue weighted by Gasteiger charge is 2.26. The fourth-order valence-corrected chi connectivity index (χ4v) is 4.24. The van der Waals surface area contributed by atoms with E-state index in [2.05, 4.69) is 4.90 Å². The SMILES string of the molecule is NC1CCC(CCN2CCC(C(=O)c3ccc(Cl)cc3)CC2)CC1. The molecule has 1 heterocycles. The van der Waals surface area contributed by atoms with Crippen molar-refractivity contribution in [2.24, 2.45) is 17.6 Å². The van der Waals surface area contributed by atoms with E-state index >= 15 is 0 Å². The summed E-state index contributed by atoms with van der Waals surface area (Å²) in [4.78, 5) is 15.1. The van der Waals surface area contributed by atoms with Crippen LogP contribution in [-0.4, -0.2) is 36.4 Å². The van der Waals surface area contributed by atoms with E-state index in [0.717, 1.165) is 37.4 Å². The second-order valence-electron chi connectivity index (χ2n) is 7.56. The minimum atomic E-state index is 0.176. The second kappa shape index (κ2) is 8.46. The molecule has 1 aromatic rings. The molecule has 1 saturated heterocycles. The molecule has 132 valence electrons. The zero-order valence-corrected chi connectivity index (χ0v) is 15.2. The fraction of sp³-hybridized carbons (Fsp3) is 0.650. The Balaban J connectivity index is 1.40. The molecule has 24 heavy (non-hydrogen) atoms. The Bertz CT molecular complexity index is 529. The third-order valence-electron chi connectivity index (χ3n) is 5.83. The summed E-state index contributed by atoms with van der Waals surface area (Å²) in [5.74, 6) is 1.32. The van der Waals surface area contributed by atoms with Gasteiger partial charge in [0.05, 0.1) is 0 Å². The van der Waals surface area contributed by atoms with E-state index in [1.54, 1.807) is 12.1 Å². The minimum absolute atomic E-state index is 0.176. The van der Waals surface area contributed by atoms with Gasteiger partial charge in [-0.1, -0.05) is 11.6 Å². The van der Waals surface area contributed by atoms with Crippen molar-refractivity contribution >= 4 is 17.4 Å². The monoisotopic (exact) mass is 348 g/mol. The number of hydrogen-bond acceptors (Lipinski definition) is 3. The molecule has 0 aromatic heterocycles. The summed E-state index contributed by atoms with van der Waals surface area (Å²) in [5, 5.41) is 0.685. The lowest BCUT2D eigenvalue weighted by Crippen LogP contribution is -2.38. The average molecular weight is 349 g/mol. The number of carbonyl (C=O) groups is 1. The first-order valence-electron chi connectivity index (χ1n) is 9.39. The summed E-state index contributed by atoms with van der Waals surface area (Å²) < 4.78 is 0. The molecule has 1 aromatic carbocycles. The molecule has 3 rings (SSSR count). The van der Waals surface area contributed by atoms with Gasteiger partial charge in [0.1, 0.15) is 0 Å². The largest absolute Gasteiger partial charge is 0.328 e. The standard InChI is InChI=1S/C20H29ClN2O/c21-18-5-3-16(4-6-18)20(24)17-10-13-23(14-11-17)12-9-15-1-7-19(22)8-2-15/h3-6,15,17,19H,1-2,7-14,22H2. The van der Waals surface area contributed by atoms with Crippen molar-refractivity contribution in [3.8, 4) is 0 Å². The molecule has 2 N–H and O–H groups in total. The Morgan fingerprint density at radius 3 is 2.29 bits per heavy atom. The lowest BCUT2D eigenvalue weighted by atomic mass is 9.84. The highest BCUT2D eigenvalue weighted by molar-refractivity contribution is 6.30. The van der Waals surface area contributed by atoms with Crippen molar-refractivity contribution in [1.29, 1.82) is 0 Å². The topological polar surface area (TPSA) is 46.3 Å². The number of nitrogens with two attached hydrogens (primary N) is 1. The number of ketones is 1. The third kappa shape index (κ3) is 4.81. The molecule has 1 aliphatic heterocycles. The lowest BCUT2D eigenvalue weighted by molar-refractivity contribution is 0.0833. The number of benzene rings is 1. The van der Waals surface area contributed by atoms with Gasteiger partial charge >= 0.3 is 0 Å². The van der Waals surface area contributed by atoms with Gasteiger partial charge < -0.3 is 10.6 Å². The third-order valence-corrected chi connectivity index (χ3v) is 6.08. The number of hydrogen-bond donors (Lipinski definition) is 1. The number of Topliss-reactive ketones (excluding diaryl/α,β-unsaturated/α-hetero) is 1. The van der Waals surface area contributed by atoms with Gasteiger partial charge in [0.15, 0.2) is 5.78 Å². The van der Waals surface area contributed by atoms with Gasteiger partial charge in [-0.05, 0) is 94.8 Å². The number of piperidine rings is 1. The maximum atomic E-state index is 12.6. The zero-order valence-electron chi connectivity index (χ0n) is 14.4. The van der Waals surface area contributed by atoms with Gasteiger partial charge in [0.2, 0.25) is 0 Å². The molecule has 0 atom stereocenters. The van der Waals surface area contributed by atoms with E-state index in [1.165, 1.54) is 38.6 Å². The van der Waals surface area contributed by atoms with E-state index in [4.69, 9.17) is 17.3 Å². The van der Waals surface area contributed by atoms with Crippen molar-refractivity contribution in [3.63, 3.8) is 0 Å². The second-order valence-corrected chi connectivity index (χ2v) is 7.99. The Kier molecular flexibility index (Phi) is 6.31. The highest BCUT2D eigenvalue weighted by Crippen LogP contribution is 2.27. The molecule has 3 nitrogen and oxygen atoms in total. The van der Waals surface area contributed by atoms with Gasteiger partial charge in [-0.25, -0.2) is 0 Å². The first kappa shape index (κ1) is 17.9. The van der Waals surface area contributed by atoms with Crippen LogP contribution < -0.4 is 5.73 Å². The van der Waals surface area contributed by atoms with Crippen molar-refractivity contribution < 1.29 is 4.79 Å². The van der Waals surface area contributed by atoms with Crippen LogP contribution in [0.2, 0.25) is 5.02 Å². The van der Waals surface area contributed by atoms with E-state index in [9.17, 15) is 4.79 Å². The molecule has 1 saturated carbocycles. The van der Waals surface area contributed by atoms with Crippen molar-refractivity contribution in [1.82, 2.24) is 4.90 Å². The molecule has 2 fully saturated rings. The zero-order chi connectivity index (χ0) is 16.9. The van der Waals surface area contributed by atoms with Crippen LogP contribution in [0.5, 0.6) is 0 Å². The molecule has 0 radical (unpaired) electrons. The van der Waals surface area contributed by atoms with Gasteiger partial charge in [0, 0.05) is 22.5 Å². The van der Waals surface area contributed by atoms with E-state index in [-0.39, 0.29) is 11.7 Å². The molecule has 2 aliphatic rings. The molecular weight excluding hydrogens is 320 g/mol. The molecule has 1 aliphatic carbocycles. The lowest BCUT2D eigenvalue weighted by Gasteiger charge is -2.33. The van der Waals surface area contributed by atoms with Crippen molar-refractivity contribution in [3.05, 3.63) is 34.9 Å². The normalized spacial score (nSPS) is 26.4. The highest BCUT2D eigenvalue weighted by atomic mass is 35.5.